The Kier molecular flexibility index (Phi) is 28.3. The van der Waals surface area contributed by atoms with E-state index in [2.05, 4.69) is 77.0 Å². The van der Waals surface area contributed by atoms with Gasteiger partial charge in [-0.25, -0.2) is 57.4 Å². The van der Waals surface area contributed by atoms with Crippen molar-refractivity contribution in [3.8, 4) is 79.2 Å². The van der Waals surface area contributed by atoms with Crippen molar-refractivity contribution >= 4 is 119 Å². The fourth-order valence-electron chi connectivity index (χ4n) is 11.9. The number of rotatable bonds is 14. The van der Waals surface area contributed by atoms with Crippen LogP contribution < -0.4 is 4.90 Å². The molecular weight excluding hydrogens is 1710 g/mol. The minimum atomic E-state index is -1.38. The Morgan fingerprint density at radius 1 is 0.505 bits per heavy atom. The van der Waals surface area contributed by atoms with Crippen molar-refractivity contribution in [1.82, 2.24) is 89.1 Å². The summed E-state index contributed by atoms with van der Waals surface area (Å²) in [6, 6.07) is 32.5. The van der Waals surface area contributed by atoms with Gasteiger partial charge < -0.3 is 37.0 Å². The zero-order chi connectivity index (χ0) is 69.7. The Hall–Kier alpha value is -8.97. The molecule has 546 valence electrons. The fraction of sp³-hybridized carbons (Fsp3) is 0.216. The number of aromatic nitrogens is 18. The molecule has 12 heterocycles. The molecule has 0 amide bonds. The van der Waals surface area contributed by atoms with Gasteiger partial charge in [-0.1, -0.05) is 50.0 Å². The van der Waals surface area contributed by atoms with E-state index in [0.29, 0.717) is 92.8 Å². The van der Waals surface area contributed by atoms with Crippen LogP contribution >= 0.6 is 59.1 Å². The van der Waals surface area contributed by atoms with Crippen molar-refractivity contribution in [3.63, 3.8) is 0 Å². The molecule has 0 saturated carbocycles. The second kappa shape index (κ2) is 36.4. The van der Waals surface area contributed by atoms with Crippen molar-refractivity contribution in [3.05, 3.63) is 194 Å². The zero-order valence-corrected chi connectivity index (χ0v) is 65.3. The third-order valence-electron chi connectivity index (χ3n) is 16.5. The number of H-pyrrole nitrogens is 4. The van der Waals surface area contributed by atoms with Crippen LogP contribution in [0.3, 0.4) is 0 Å². The van der Waals surface area contributed by atoms with Crippen LogP contribution in [0.25, 0.3) is 123 Å². The predicted octanol–water partition coefficient (Wildman–Crippen LogP) is 18.1. The van der Waals surface area contributed by atoms with Crippen molar-refractivity contribution in [2.24, 2.45) is 0 Å². The molecule has 2 atom stereocenters. The van der Waals surface area contributed by atoms with Crippen LogP contribution in [0.5, 0.6) is 0 Å². The molecular formula is C74H76ClF4IN19O2S3W-. The smallest absolute Gasteiger partial charge is 0.226 e. The summed E-state index contributed by atoms with van der Waals surface area (Å²) in [7, 11) is -1.38. The molecule has 1 aliphatic heterocycles. The first kappa shape index (κ1) is 81.7. The Morgan fingerprint density at radius 2 is 0.838 bits per heavy atom. The van der Waals surface area contributed by atoms with Gasteiger partial charge >= 0.3 is 0 Å². The number of nitrogens with one attached hydrogen (secondary N) is 4. The molecule has 105 heavy (non-hydrogen) atoms. The number of fused-ring (bicyclic) bond motifs is 4. The first-order valence-electron chi connectivity index (χ1n) is 31.7. The van der Waals surface area contributed by atoms with Gasteiger partial charge in [-0.05, 0) is 149 Å². The third-order valence-corrected chi connectivity index (χ3v) is 18.5. The quantitative estimate of drug-likeness (QED) is 0.0197. The minimum absolute atomic E-state index is 0. The number of aromatic amines is 4. The minimum Gasteiger partial charge on any atom is -0.377 e. The number of halogens is 6. The van der Waals surface area contributed by atoms with E-state index in [1.165, 1.54) is 78.3 Å². The number of anilines is 1. The van der Waals surface area contributed by atoms with Crippen molar-refractivity contribution in [2.75, 3.05) is 43.4 Å². The van der Waals surface area contributed by atoms with Crippen molar-refractivity contribution < 1.29 is 47.6 Å². The van der Waals surface area contributed by atoms with Crippen LogP contribution in [0, 0.1) is 30.7 Å². The van der Waals surface area contributed by atoms with Crippen LogP contribution in [0.1, 0.15) is 42.5 Å². The molecule has 4 aromatic carbocycles. The predicted molar refractivity (Wildman–Crippen MR) is 422 cm³/mol. The normalized spacial score (nSPS) is 12.7. The maximum atomic E-state index is 14.4. The fourth-order valence-corrected chi connectivity index (χ4v) is 13.3. The van der Waals surface area contributed by atoms with E-state index in [4.69, 9.17) is 26.3 Å². The summed E-state index contributed by atoms with van der Waals surface area (Å²) in [5, 5.41) is 18.3. The largest absolute Gasteiger partial charge is 0.377 e. The molecule has 0 radical (unpaired) electrons. The Morgan fingerprint density at radius 3 is 1.22 bits per heavy atom. The molecule has 0 spiro atoms. The summed E-state index contributed by atoms with van der Waals surface area (Å²) in [5.41, 5.74) is 13.0. The van der Waals surface area contributed by atoms with Crippen molar-refractivity contribution in [2.45, 2.75) is 83.7 Å². The summed E-state index contributed by atoms with van der Waals surface area (Å²) in [6.07, 6.45) is 17.7. The van der Waals surface area contributed by atoms with Gasteiger partial charge in [-0.15, -0.1) is 24.0 Å². The summed E-state index contributed by atoms with van der Waals surface area (Å²) in [6.45, 7) is 12.3. The van der Waals surface area contributed by atoms with Gasteiger partial charge in [0.15, 0.2) is 10.3 Å². The van der Waals surface area contributed by atoms with Crippen molar-refractivity contribution in [1.29, 1.82) is 0 Å². The third kappa shape index (κ3) is 18.0. The van der Waals surface area contributed by atoms with Crippen LogP contribution in [0.4, 0.5) is 23.5 Å². The molecule has 4 N–H and O–H groups in total. The molecule has 16 rings (SSSR count). The number of ether oxygens (including phenoxy) is 1. The van der Waals surface area contributed by atoms with Crippen LogP contribution in [-0.4, -0.2) is 138 Å². The Labute approximate surface area is 651 Å². The molecule has 11 aromatic heterocycles. The van der Waals surface area contributed by atoms with E-state index in [1.54, 1.807) is 54.0 Å². The van der Waals surface area contributed by atoms with Gasteiger partial charge in [0, 0.05) is 169 Å². The van der Waals surface area contributed by atoms with Gasteiger partial charge in [0.25, 0.3) is 0 Å². The average molecular weight is 1780 g/mol. The van der Waals surface area contributed by atoms with Crippen LogP contribution in [0.2, 0.25) is 5.15 Å². The first-order valence-corrected chi connectivity index (χ1v) is 36.1. The van der Waals surface area contributed by atoms with E-state index in [-0.39, 0.29) is 102 Å². The average Bonchev–Trinajstić information content (AvgIpc) is 1.71. The van der Waals surface area contributed by atoms with E-state index < -0.39 is 10.8 Å². The van der Waals surface area contributed by atoms with E-state index in [0.717, 1.165) is 90.8 Å². The number of hydrogen-bond acceptors (Lipinski definition) is 16. The second-order valence-corrected chi connectivity index (χ2v) is 26.0. The second-order valence-electron chi connectivity index (χ2n) is 22.8. The number of aryl methyl sites for hydroxylation is 3. The topological polar surface area (TPSA) is 249 Å². The van der Waals surface area contributed by atoms with Gasteiger partial charge in [0.2, 0.25) is 11.1 Å². The first-order chi connectivity index (χ1) is 48.6. The summed E-state index contributed by atoms with van der Waals surface area (Å²) < 4.78 is 79.4. The number of nitrogens with zero attached hydrogens (tertiary/aromatic N) is 15. The molecule has 0 bridgehead atoms. The number of hydrogen-bond donors (Lipinski definition) is 4. The molecule has 1 saturated heterocycles. The molecule has 1 unspecified atom stereocenters. The van der Waals surface area contributed by atoms with Gasteiger partial charge in [-0.2, -0.15) is 15.3 Å². The van der Waals surface area contributed by atoms with E-state index in [9.17, 15) is 21.8 Å². The summed E-state index contributed by atoms with van der Waals surface area (Å²) in [4.78, 5) is 50.6. The molecule has 1 aliphatic rings. The molecule has 15 aromatic rings. The van der Waals surface area contributed by atoms with E-state index in [1.807, 2.05) is 103 Å². The van der Waals surface area contributed by atoms with Gasteiger partial charge in [0.1, 0.15) is 28.4 Å². The van der Waals surface area contributed by atoms with Gasteiger partial charge in [-0.3, -0.25) is 18.3 Å². The Balaban J connectivity index is 0.000000176. The number of benzene rings is 4. The Bertz CT molecular complexity index is 5490. The molecule has 1 fully saturated rings. The number of morpholine rings is 1. The summed E-state index contributed by atoms with van der Waals surface area (Å²) in [5.74, 6) is -0.664. The van der Waals surface area contributed by atoms with Crippen LogP contribution in [0.15, 0.2) is 174 Å². The monoisotopic (exact) mass is 1780 g/mol. The zero-order valence-electron chi connectivity index (χ0n) is 56.8. The molecule has 21 nitrogen and oxygen atoms in total. The molecule has 0 aliphatic carbocycles. The number of thioether (sulfide) groups is 2. The molecule has 31 heteroatoms. The maximum Gasteiger partial charge on any atom is 0.226 e. The van der Waals surface area contributed by atoms with E-state index >= 15 is 0 Å². The van der Waals surface area contributed by atoms with Gasteiger partial charge in [0.05, 0.1) is 87.0 Å². The SMILES string of the molecule is C.C.CCn1nccc1-c1cc(-c2cc(F)cc3[nH]ccc23)nc(N2CCOC[C@H]2C)n1.CCn1nccc1-c1cc(-c2cc(F)cc3[nH]ccc23)nc(S(C)=O)n1.CCn1nccc1-c1cc(-c2cc(F)cc3[nH]ccc23)nc(SC)n1.CSc1nc(Cl)cc(-c2cc(F)cc3[nH]ccc23)n1.I.[CH3-].[W]. The standard InChI is InChI=1S/C22H23FN6O.C18H16FN5OS.C18H16FN5S.C13H9ClFN3S.2CH4.CH3.HI.W/c1-3-29-21(5-7-25-29)20-12-19(17-10-15(23)11-18-16(17)4-6-24-18)26-22(27-20)28-8-9-30-13-14(28)2;1-3-24-17(5-7-21-24)16-10-15(22-18(23-16)26(2)25)13-8-11(19)9-14-12(13)4-6-20-14;1-3-24-17(5-7-21-24)16-10-15(22-18(23-16)25-2)13-8-11(19)9-14-12(13)4-6-20-14;1-19-13-17-11(6-12(14)18-13)9-4-7(15)5-10-8(9)2-3-16-10;;;;;/h4-7,10-12,14,24H,3,8-9,13H2,1-2H3;4-10,20H,3H2,1-2H3;4-10,20H,3H2,1-2H3;2-6,16H,1H3;2*1H4;1H3;1H;/q;;;;;;-1;;/t14-;;;;;;;;/m1......../s1. The summed E-state index contributed by atoms with van der Waals surface area (Å²) >= 11 is 8.83. The maximum absolute atomic E-state index is 14.4. The van der Waals surface area contributed by atoms with Crippen LogP contribution in [-0.2, 0) is 56.2 Å².